The molecule has 1 heterocycles. The highest BCUT2D eigenvalue weighted by molar-refractivity contribution is 5.14. The Hall–Kier alpha value is -0.860. The molecule has 0 unspecified atom stereocenters. The molecule has 0 amide bonds. The fraction of sp³-hybridized carbons (Fsp3) is 0.647. The lowest BCUT2D eigenvalue weighted by Gasteiger charge is -2.29. The third kappa shape index (κ3) is 5.75. The van der Waals surface area contributed by atoms with Gasteiger partial charge in [-0.05, 0) is 76.8 Å². The Morgan fingerprint density at radius 3 is 2.58 bits per heavy atom. The Labute approximate surface area is 118 Å². The lowest BCUT2D eigenvalue weighted by Crippen LogP contribution is -2.35. The molecule has 0 bridgehead atoms. The van der Waals surface area contributed by atoms with E-state index in [-0.39, 0.29) is 0 Å². The third-order valence-corrected chi connectivity index (χ3v) is 4.18. The Morgan fingerprint density at radius 1 is 1.11 bits per heavy atom. The van der Waals surface area contributed by atoms with Crippen molar-refractivity contribution >= 4 is 0 Å². The normalized spacial score (nSPS) is 17.7. The van der Waals surface area contributed by atoms with Gasteiger partial charge in [0, 0.05) is 0 Å². The van der Waals surface area contributed by atoms with E-state index in [0.717, 1.165) is 5.92 Å². The van der Waals surface area contributed by atoms with Gasteiger partial charge in [0.25, 0.3) is 0 Å². The van der Waals surface area contributed by atoms with Crippen LogP contribution in [0, 0.1) is 5.92 Å². The van der Waals surface area contributed by atoms with Crippen LogP contribution < -0.4 is 5.32 Å². The van der Waals surface area contributed by atoms with E-state index in [9.17, 15) is 0 Å². The van der Waals surface area contributed by atoms with Crippen molar-refractivity contribution in [2.45, 2.75) is 32.1 Å². The molecular formula is C17H28N2. The number of piperidine rings is 1. The van der Waals surface area contributed by atoms with Crippen LogP contribution in [0.25, 0.3) is 0 Å². The number of benzene rings is 1. The van der Waals surface area contributed by atoms with Gasteiger partial charge in [0.15, 0.2) is 0 Å². The second-order valence-electron chi connectivity index (χ2n) is 5.89. The minimum absolute atomic E-state index is 0.908. The minimum atomic E-state index is 0.908. The molecule has 1 aliphatic rings. The maximum Gasteiger partial charge on any atom is -0.00187 e. The van der Waals surface area contributed by atoms with E-state index < -0.39 is 0 Å². The predicted molar refractivity (Wildman–Crippen MR) is 82.5 cm³/mol. The number of rotatable bonds is 7. The summed E-state index contributed by atoms with van der Waals surface area (Å²) in [6.45, 7) is 4.96. The number of hydrogen-bond acceptors (Lipinski definition) is 2. The van der Waals surface area contributed by atoms with Gasteiger partial charge in [-0.15, -0.1) is 0 Å². The molecule has 0 aromatic heterocycles. The van der Waals surface area contributed by atoms with E-state index in [4.69, 9.17) is 0 Å². The van der Waals surface area contributed by atoms with Crippen molar-refractivity contribution in [3.63, 3.8) is 0 Å². The van der Waals surface area contributed by atoms with E-state index in [2.05, 4.69) is 47.6 Å². The molecule has 0 saturated carbocycles. The quantitative estimate of drug-likeness (QED) is 0.758. The topological polar surface area (TPSA) is 15.3 Å². The van der Waals surface area contributed by atoms with Crippen molar-refractivity contribution in [1.82, 2.24) is 10.2 Å². The number of aryl methyl sites for hydroxylation is 1. The second kappa shape index (κ2) is 8.34. The van der Waals surface area contributed by atoms with Gasteiger partial charge in [-0.25, -0.2) is 0 Å². The van der Waals surface area contributed by atoms with Gasteiger partial charge >= 0.3 is 0 Å². The summed E-state index contributed by atoms with van der Waals surface area (Å²) in [5.74, 6) is 0.908. The highest BCUT2D eigenvalue weighted by atomic mass is 15.1. The standard InChI is InChI=1S/C17H28N2/c1-19-13-10-17(11-14-19)15-18-12-6-5-9-16-7-3-2-4-8-16/h2-4,7-8,17-18H,5-6,9-15H2,1H3. The molecule has 1 fully saturated rings. The molecule has 0 aliphatic carbocycles. The van der Waals surface area contributed by atoms with Crippen LogP contribution >= 0.6 is 0 Å². The minimum Gasteiger partial charge on any atom is -0.316 e. The Balaban J connectivity index is 1.46. The van der Waals surface area contributed by atoms with Gasteiger partial charge in [0.2, 0.25) is 0 Å². The average molecular weight is 260 g/mol. The number of likely N-dealkylation sites (tertiary alicyclic amines) is 1. The maximum atomic E-state index is 3.64. The molecule has 1 saturated heterocycles. The van der Waals surface area contributed by atoms with E-state index >= 15 is 0 Å². The van der Waals surface area contributed by atoms with E-state index in [0.29, 0.717) is 0 Å². The molecule has 1 aliphatic heterocycles. The van der Waals surface area contributed by atoms with Crippen LogP contribution in [-0.2, 0) is 6.42 Å². The molecule has 19 heavy (non-hydrogen) atoms. The predicted octanol–water partition coefficient (Wildman–Crippen LogP) is 2.94. The second-order valence-corrected chi connectivity index (χ2v) is 5.89. The van der Waals surface area contributed by atoms with Crippen LogP contribution in [-0.4, -0.2) is 38.1 Å². The van der Waals surface area contributed by atoms with Crippen LogP contribution in [0.2, 0.25) is 0 Å². The summed E-state index contributed by atoms with van der Waals surface area (Å²) in [6, 6.07) is 10.8. The van der Waals surface area contributed by atoms with Gasteiger partial charge in [0.1, 0.15) is 0 Å². The largest absolute Gasteiger partial charge is 0.316 e. The first-order valence-corrected chi connectivity index (χ1v) is 7.78. The van der Waals surface area contributed by atoms with Gasteiger partial charge in [-0.1, -0.05) is 30.3 Å². The Morgan fingerprint density at radius 2 is 1.84 bits per heavy atom. The molecule has 1 aromatic carbocycles. The van der Waals surface area contributed by atoms with E-state index in [1.54, 1.807) is 0 Å². The lowest BCUT2D eigenvalue weighted by molar-refractivity contribution is 0.216. The summed E-state index contributed by atoms with van der Waals surface area (Å²) in [5, 5.41) is 3.64. The number of hydrogen-bond donors (Lipinski definition) is 1. The highest BCUT2D eigenvalue weighted by Crippen LogP contribution is 2.14. The summed E-state index contributed by atoms with van der Waals surface area (Å²) in [7, 11) is 2.23. The zero-order valence-electron chi connectivity index (χ0n) is 12.3. The third-order valence-electron chi connectivity index (χ3n) is 4.18. The first-order chi connectivity index (χ1) is 9.34. The van der Waals surface area contributed by atoms with Gasteiger partial charge in [-0.3, -0.25) is 0 Å². The molecule has 2 heteroatoms. The fourth-order valence-electron chi connectivity index (χ4n) is 2.80. The number of nitrogens with one attached hydrogen (secondary N) is 1. The van der Waals surface area contributed by atoms with E-state index in [1.807, 2.05) is 0 Å². The lowest BCUT2D eigenvalue weighted by atomic mass is 9.97. The molecular weight excluding hydrogens is 232 g/mol. The summed E-state index contributed by atoms with van der Waals surface area (Å²) >= 11 is 0. The first-order valence-electron chi connectivity index (χ1n) is 7.78. The average Bonchev–Trinajstić information content (AvgIpc) is 2.46. The smallest absolute Gasteiger partial charge is 0.00187 e. The number of nitrogens with zero attached hydrogens (tertiary/aromatic N) is 1. The summed E-state index contributed by atoms with van der Waals surface area (Å²) < 4.78 is 0. The Kier molecular flexibility index (Phi) is 6.38. The van der Waals surface area contributed by atoms with Crippen molar-refractivity contribution in [3.8, 4) is 0 Å². The van der Waals surface area contributed by atoms with Crippen LogP contribution in [0.4, 0.5) is 0 Å². The summed E-state index contributed by atoms with van der Waals surface area (Å²) in [5.41, 5.74) is 1.47. The van der Waals surface area contributed by atoms with Crippen molar-refractivity contribution in [2.24, 2.45) is 5.92 Å². The first kappa shape index (κ1) is 14.5. The molecule has 2 nitrogen and oxygen atoms in total. The van der Waals surface area contributed by atoms with E-state index in [1.165, 1.54) is 63.8 Å². The van der Waals surface area contributed by atoms with Gasteiger partial charge < -0.3 is 10.2 Å². The van der Waals surface area contributed by atoms with Crippen molar-refractivity contribution in [2.75, 3.05) is 33.2 Å². The monoisotopic (exact) mass is 260 g/mol. The number of unbranched alkanes of at least 4 members (excludes halogenated alkanes) is 1. The fourth-order valence-corrected chi connectivity index (χ4v) is 2.80. The molecule has 0 atom stereocenters. The molecule has 0 spiro atoms. The summed E-state index contributed by atoms with van der Waals surface area (Å²) in [6.07, 6.45) is 6.55. The van der Waals surface area contributed by atoms with Crippen LogP contribution in [0.1, 0.15) is 31.2 Å². The van der Waals surface area contributed by atoms with Crippen molar-refractivity contribution in [1.29, 1.82) is 0 Å². The zero-order chi connectivity index (χ0) is 13.3. The van der Waals surface area contributed by atoms with Crippen molar-refractivity contribution < 1.29 is 0 Å². The molecule has 0 radical (unpaired) electrons. The van der Waals surface area contributed by atoms with Crippen LogP contribution in [0.3, 0.4) is 0 Å². The SMILES string of the molecule is CN1CCC(CNCCCCc2ccccc2)CC1. The van der Waals surface area contributed by atoms with Crippen molar-refractivity contribution in [3.05, 3.63) is 35.9 Å². The molecule has 1 N–H and O–H groups in total. The molecule has 2 rings (SSSR count). The molecule has 1 aromatic rings. The maximum absolute atomic E-state index is 3.64. The molecule has 106 valence electrons. The summed E-state index contributed by atoms with van der Waals surface area (Å²) in [4.78, 5) is 2.44. The highest BCUT2D eigenvalue weighted by Gasteiger charge is 2.15. The Bertz CT molecular complexity index is 328. The van der Waals surface area contributed by atoms with Gasteiger partial charge in [-0.2, -0.15) is 0 Å². The van der Waals surface area contributed by atoms with Crippen LogP contribution in [0.5, 0.6) is 0 Å². The van der Waals surface area contributed by atoms with Gasteiger partial charge in [0.05, 0.1) is 0 Å². The van der Waals surface area contributed by atoms with Crippen LogP contribution in [0.15, 0.2) is 30.3 Å². The zero-order valence-corrected chi connectivity index (χ0v) is 12.3.